The molecule has 0 amide bonds. The van der Waals surface area contributed by atoms with Gasteiger partial charge in [-0.2, -0.15) is 0 Å². The Morgan fingerprint density at radius 1 is 1.12 bits per heavy atom. The molecule has 0 unspecified atom stereocenters. The zero-order valence-electron chi connectivity index (χ0n) is 15.5. The van der Waals surface area contributed by atoms with Crippen LogP contribution in [0.1, 0.15) is 33.3 Å². The average molecular weight is 356 g/mol. The molecule has 136 valence electrons. The maximum absolute atomic E-state index is 10.8. The SMILES string of the molecule is Cc1cc(Oc2ccc(B3OC(C)(C)C(C)(C)O3)cc2)ncc1[N+](=O)[O-]. The molecule has 0 N–H and O–H groups in total. The number of nitrogens with zero attached hydrogens (tertiary/aromatic N) is 2. The molecular formula is C18H21BN2O5. The zero-order valence-corrected chi connectivity index (χ0v) is 15.5. The minimum absolute atomic E-state index is 0.0338. The lowest BCUT2D eigenvalue weighted by atomic mass is 9.79. The van der Waals surface area contributed by atoms with Gasteiger partial charge in [0.05, 0.1) is 16.1 Å². The van der Waals surface area contributed by atoms with Crippen molar-refractivity contribution >= 4 is 18.3 Å². The molecular weight excluding hydrogens is 335 g/mol. The van der Waals surface area contributed by atoms with Gasteiger partial charge in [0.15, 0.2) is 0 Å². The van der Waals surface area contributed by atoms with Crippen LogP contribution in [0.3, 0.4) is 0 Å². The molecule has 0 bridgehead atoms. The molecule has 1 aliphatic heterocycles. The fourth-order valence-corrected chi connectivity index (χ4v) is 2.56. The molecule has 1 aromatic carbocycles. The third-order valence-corrected chi connectivity index (χ3v) is 4.88. The van der Waals surface area contributed by atoms with Gasteiger partial charge in [-0.1, -0.05) is 12.1 Å². The first-order valence-electron chi connectivity index (χ1n) is 8.33. The van der Waals surface area contributed by atoms with Gasteiger partial charge in [-0.3, -0.25) is 10.1 Å². The highest BCUT2D eigenvalue weighted by molar-refractivity contribution is 6.62. The van der Waals surface area contributed by atoms with Crippen molar-refractivity contribution in [3.63, 3.8) is 0 Å². The Balaban J connectivity index is 1.73. The van der Waals surface area contributed by atoms with Crippen molar-refractivity contribution in [2.45, 2.75) is 45.8 Å². The summed E-state index contributed by atoms with van der Waals surface area (Å²) in [5, 5.41) is 10.8. The van der Waals surface area contributed by atoms with Crippen molar-refractivity contribution in [3.05, 3.63) is 52.2 Å². The van der Waals surface area contributed by atoms with E-state index in [4.69, 9.17) is 14.0 Å². The summed E-state index contributed by atoms with van der Waals surface area (Å²) in [5.74, 6) is 0.877. The van der Waals surface area contributed by atoms with Crippen LogP contribution in [0.2, 0.25) is 0 Å². The smallest absolute Gasteiger partial charge is 0.439 e. The molecule has 0 radical (unpaired) electrons. The van der Waals surface area contributed by atoms with Crippen LogP contribution in [0.4, 0.5) is 5.69 Å². The van der Waals surface area contributed by atoms with Gasteiger partial charge in [0, 0.05) is 11.6 Å². The van der Waals surface area contributed by atoms with Crippen molar-refractivity contribution in [2.75, 3.05) is 0 Å². The molecule has 0 aliphatic carbocycles. The molecule has 0 spiro atoms. The van der Waals surface area contributed by atoms with E-state index in [1.807, 2.05) is 39.8 Å². The molecule has 1 fully saturated rings. The second-order valence-electron chi connectivity index (χ2n) is 7.33. The molecule has 1 aromatic heterocycles. The van der Waals surface area contributed by atoms with Crippen molar-refractivity contribution in [2.24, 2.45) is 0 Å². The van der Waals surface area contributed by atoms with Gasteiger partial charge in [-0.15, -0.1) is 0 Å². The lowest BCUT2D eigenvalue weighted by molar-refractivity contribution is -0.385. The van der Waals surface area contributed by atoms with Crippen LogP contribution >= 0.6 is 0 Å². The molecule has 0 atom stereocenters. The van der Waals surface area contributed by atoms with Gasteiger partial charge >= 0.3 is 7.12 Å². The second-order valence-corrected chi connectivity index (χ2v) is 7.33. The number of aryl methyl sites for hydroxylation is 1. The van der Waals surface area contributed by atoms with E-state index in [0.717, 1.165) is 5.46 Å². The number of ether oxygens (including phenoxy) is 1. The van der Waals surface area contributed by atoms with E-state index >= 15 is 0 Å². The van der Waals surface area contributed by atoms with E-state index in [2.05, 4.69) is 4.98 Å². The number of nitro groups is 1. The van der Waals surface area contributed by atoms with Gasteiger partial charge in [0.2, 0.25) is 5.88 Å². The molecule has 2 aromatic rings. The summed E-state index contributed by atoms with van der Waals surface area (Å²) in [5.41, 5.74) is 0.561. The normalized spacial score (nSPS) is 18.0. The number of rotatable bonds is 4. The van der Waals surface area contributed by atoms with Crippen LogP contribution in [0.25, 0.3) is 0 Å². The lowest BCUT2D eigenvalue weighted by Crippen LogP contribution is -2.41. The third kappa shape index (κ3) is 3.43. The Labute approximate surface area is 152 Å². The Morgan fingerprint density at radius 2 is 1.69 bits per heavy atom. The van der Waals surface area contributed by atoms with Crippen molar-refractivity contribution in [1.82, 2.24) is 4.98 Å². The van der Waals surface area contributed by atoms with E-state index in [1.54, 1.807) is 25.1 Å². The average Bonchev–Trinajstić information content (AvgIpc) is 2.76. The van der Waals surface area contributed by atoms with E-state index in [-0.39, 0.29) is 5.69 Å². The maximum Gasteiger partial charge on any atom is 0.494 e. The molecule has 1 saturated heterocycles. The maximum atomic E-state index is 10.8. The Hall–Kier alpha value is -2.45. The molecule has 1 aliphatic rings. The van der Waals surface area contributed by atoms with Crippen LogP contribution in [0.15, 0.2) is 36.5 Å². The largest absolute Gasteiger partial charge is 0.494 e. The van der Waals surface area contributed by atoms with Gasteiger partial charge < -0.3 is 14.0 Å². The predicted octanol–water partition coefficient (Wildman–Crippen LogP) is 3.39. The topological polar surface area (TPSA) is 83.7 Å². The van der Waals surface area contributed by atoms with Crippen molar-refractivity contribution < 1.29 is 19.0 Å². The van der Waals surface area contributed by atoms with E-state index in [1.165, 1.54) is 6.20 Å². The van der Waals surface area contributed by atoms with Gasteiger partial charge in [0.1, 0.15) is 11.9 Å². The van der Waals surface area contributed by atoms with Crippen LogP contribution in [-0.4, -0.2) is 28.2 Å². The summed E-state index contributed by atoms with van der Waals surface area (Å²) in [6.45, 7) is 9.67. The first kappa shape index (κ1) is 18.3. The number of hydrogen-bond donors (Lipinski definition) is 0. The van der Waals surface area contributed by atoms with Crippen LogP contribution < -0.4 is 10.2 Å². The second kappa shape index (κ2) is 6.37. The highest BCUT2D eigenvalue weighted by Gasteiger charge is 2.51. The van der Waals surface area contributed by atoms with Gasteiger partial charge in [-0.25, -0.2) is 4.98 Å². The summed E-state index contributed by atoms with van der Waals surface area (Å²) >= 11 is 0. The Morgan fingerprint density at radius 3 is 2.19 bits per heavy atom. The standard InChI is InChI=1S/C18H21BN2O5/c1-12-10-16(20-11-15(12)21(22)23)24-14-8-6-13(7-9-14)19-25-17(2,3)18(4,5)26-19/h6-11H,1-5H3. The number of benzene rings is 1. The summed E-state index contributed by atoms with van der Waals surface area (Å²) in [4.78, 5) is 14.4. The molecule has 0 saturated carbocycles. The highest BCUT2D eigenvalue weighted by Crippen LogP contribution is 2.36. The summed E-state index contributed by atoms with van der Waals surface area (Å²) in [7, 11) is -0.436. The van der Waals surface area contributed by atoms with Crippen LogP contribution in [-0.2, 0) is 9.31 Å². The van der Waals surface area contributed by atoms with E-state index in [0.29, 0.717) is 17.2 Å². The quantitative estimate of drug-likeness (QED) is 0.474. The summed E-state index contributed by atoms with van der Waals surface area (Å²) in [6, 6.07) is 8.86. The third-order valence-electron chi connectivity index (χ3n) is 4.88. The van der Waals surface area contributed by atoms with Crippen molar-refractivity contribution in [1.29, 1.82) is 0 Å². The predicted molar refractivity (Wildman–Crippen MR) is 97.9 cm³/mol. The molecule has 3 rings (SSSR count). The molecule has 8 heteroatoms. The number of aromatic nitrogens is 1. The summed E-state index contributed by atoms with van der Waals surface area (Å²) in [6.07, 6.45) is 1.20. The first-order chi connectivity index (χ1) is 12.1. The van der Waals surface area contributed by atoms with E-state index in [9.17, 15) is 10.1 Å². The Kier molecular flexibility index (Phi) is 4.50. The molecule has 26 heavy (non-hydrogen) atoms. The molecule has 2 heterocycles. The van der Waals surface area contributed by atoms with Gasteiger partial charge in [0.25, 0.3) is 5.69 Å². The molecule has 7 nitrogen and oxygen atoms in total. The van der Waals surface area contributed by atoms with Crippen LogP contribution in [0.5, 0.6) is 11.6 Å². The van der Waals surface area contributed by atoms with E-state index < -0.39 is 23.2 Å². The van der Waals surface area contributed by atoms with Crippen molar-refractivity contribution in [3.8, 4) is 11.6 Å². The fourth-order valence-electron chi connectivity index (χ4n) is 2.56. The Bertz CT molecular complexity index is 820. The van der Waals surface area contributed by atoms with Gasteiger partial charge in [-0.05, 0) is 52.2 Å². The highest BCUT2D eigenvalue weighted by atomic mass is 16.7. The number of pyridine rings is 1. The zero-order chi connectivity index (χ0) is 19.1. The fraction of sp³-hybridized carbons (Fsp3) is 0.389. The summed E-state index contributed by atoms with van der Waals surface area (Å²) < 4.78 is 17.7. The monoisotopic (exact) mass is 356 g/mol. The first-order valence-corrected chi connectivity index (χ1v) is 8.33. The van der Waals surface area contributed by atoms with Crippen LogP contribution in [0, 0.1) is 17.0 Å². The minimum Gasteiger partial charge on any atom is -0.439 e. The minimum atomic E-state index is -0.467. The number of hydrogen-bond acceptors (Lipinski definition) is 6. The lowest BCUT2D eigenvalue weighted by Gasteiger charge is -2.32.